The third-order valence-electron chi connectivity index (χ3n) is 2.96. The number of halogens is 1. The molecule has 0 saturated carbocycles. The van der Waals surface area contributed by atoms with Crippen molar-refractivity contribution in [1.29, 1.82) is 0 Å². The summed E-state index contributed by atoms with van der Waals surface area (Å²) >= 11 is 6.21. The first-order chi connectivity index (χ1) is 8.67. The highest BCUT2D eigenvalue weighted by molar-refractivity contribution is 6.33. The van der Waals surface area contributed by atoms with Crippen LogP contribution in [0.1, 0.15) is 29.4 Å². The van der Waals surface area contributed by atoms with Crippen LogP contribution < -0.4 is 0 Å². The predicted octanol–water partition coefficient (Wildman–Crippen LogP) is 3.73. The molecule has 0 amide bonds. The number of rotatable bonds is 4. The third-order valence-corrected chi connectivity index (χ3v) is 3.27. The van der Waals surface area contributed by atoms with Gasteiger partial charge < -0.3 is 0 Å². The van der Waals surface area contributed by atoms with Crippen LogP contribution in [0.3, 0.4) is 0 Å². The van der Waals surface area contributed by atoms with Crippen molar-refractivity contribution in [3.05, 3.63) is 40.7 Å². The zero-order valence-electron chi connectivity index (χ0n) is 10.5. The molecule has 0 atom stereocenters. The summed E-state index contributed by atoms with van der Waals surface area (Å²) in [5.74, 6) is 0. The number of benzene rings is 1. The van der Waals surface area contributed by atoms with Gasteiger partial charge in [-0.15, -0.1) is 0 Å². The van der Waals surface area contributed by atoms with Crippen molar-refractivity contribution in [2.24, 2.45) is 0 Å². The monoisotopic (exact) mass is 262 g/mol. The lowest BCUT2D eigenvalue weighted by atomic mass is 10.1. The van der Waals surface area contributed by atoms with E-state index < -0.39 is 0 Å². The summed E-state index contributed by atoms with van der Waals surface area (Å²) in [4.78, 5) is 10.7. The van der Waals surface area contributed by atoms with Gasteiger partial charge in [0.05, 0.1) is 6.20 Å². The fraction of sp³-hybridized carbons (Fsp3) is 0.286. The molecule has 3 nitrogen and oxygen atoms in total. The number of carbonyl (C=O) groups excluding carboxylic acids is 1. The molecule has 0 aliphatic carbocycles. The quantitative estimate of drug-likeness (QED) is 0.787. The third kappa shape index (κ3) is 2.31. The predicted molar refractivity (Wildman–Crippen MR) is 73.1 cm³/mol. The van der Waals surface area contributed by atoms with Crippen LogP contribution in [-0.2, 0) is 6.54 Å². The van der Waals surface area contributed by atoms with Gasteiger partial charge in [0.25, 0.3) is 0 Å². The average Bonchev–Trinajstić information content (AvgIpc) is 2.72. The molecule has 0 unspecified atom stereocenters. The SMILES string of the molecule is CCCn1ncc(-c2ccc(C=O)cc2Cl)c1C. The molecule has 2 aromatic rings. The molecule has 1 aromatic heterocycles. The maximum atomic E-state index is 10.7. The minimum absolute atomic E-state index is 0.582. The van der Waals surface area contributed by atoms with E-state index in [-0.39, 0.29) is 0 Å². The molecule has 0 fully saturated rings. The van der Waals surface area contributed by atoms with Crippen LogP contribution in [0.4, 0.5) is 0 Å². The first-order valence-corrected chi connectivity index (χ1v) is 6.32. The Labute approximate surface area is 111 Å². The molecule has 0 aliphatic heterocycles. The zero-order chi connectivity index (χ0) is 13.1. The van der Waals surface area contributed by atoms with Gasteiger partial charge in [0.15, 0.2) is 0 Å². The van der Waals surface area contributed by atoms with Gasteiger partial charge in [0.2, 0.25) is 0 Å². The van der Waals surface area contributed by atoms with E-state index in [0.717, 1.165) is 36.1 Å². The summed E-state index contributed by atoms with van der Waals surface area (Å²) in [6.07, 6.45) is 3.66. The zero-order valence-corrected chi connectivity index (χ0v) is 11.2. The van der Waals surface area contributed by atoms with Gasteiger partial charge in [0, 0.05) is 34.0 Å². The second-order valence-corrected chi connectivity index (χ2v) is 4.63. The lowest BCUT2D eigenvalue weighted by molar-refractivity contribution is 0.112. The Morgan fingerprint density at radius 3 is 2.78 bits per heavy atom. The summed E-state index contributed by atoms with van der Waals surface area (Å²) < 4.78 is 1.97. The maximum Gasteiger partial charge on any atom is 0.150 e. The van der Waals surface area contributed by atoms with Crippen LogP contribution in [-0.4, -0.2) is 16.1 Å². The highest BCUT2D eigenvalue weighted by atomic mass is 35.5. The van der Waals surface area contributed by atoms with Crippen LogP contribution in [0, 0.1) is 6.92 Å². The Morgan fingerprint density at radius 1 is 1.39 bits per heavy atom. The molecule has 18 heavy (non-hydrogen) atoms. The molecule has 4 heteroatoms. The van der Waals surface area contributed by atoms with E-state index in [1.165, 1.54) is 0 Å². The van der Waals surface area contributed by atoms with E-state index >= 15 is 0 Å². The Bertz CT molecular complexity index is 575. The van der Waals surface area contributed by atoms with Crippen LogP contribution in [0.2, 0.25) is 5.02 Å². The Morgan fingerprint density at radius 2 is 2.17 bits per heavy atom. The molecule has 0 radical (unpaired) electrons. The van der Waals surface area contributed by atoms with Crippen molar-refractivity contribution in [3.8, 4) is 11.1 Å². The molecule has 0 saturated heterocycles. The van der Waals surface area contributed by atoms with E-state index in [9.17, 15) is 4.79 Å². The summed E-state index contributed by atoms with van der Waals surface area (Å²) in [6.45, 7) is 5.05. The van der Waals surface area contributed by atoms with E-state index in [1.54, 1.807) is 12.1 Å². The Hall–Kier alpha value is -1.61. The van der Waals surface area contributed by atoms with Crippen LogP contribution in [0.25, 0.3) is 11.1 Å². The van der Waals surface area contributed by atoms with Crippen LogP contribution >= 0.6 is 11.6 Å². The minimum atomic E-state index is 0.582. The molecule has 94 valence electrons. The van der Waals surface area contributed by atoms with Gasteiger partial charge in [0.1, 0.15) is 6.29 Å². The Kier molecular flexibility index (Phi) is 3.82. The molecule has 0 N–H and O–H groups in total. The summed E-state index contributed by atoms with van der Waals surface area (Å²) in [5, 5.41) is 4.94. The molecular weight excluding hydrogens is 248 g/mol. The molecule has 1 heterocycles. The van der Waals surface area contributed by atoms with Gasteiger partial charge in [-0.1, -0.05) is 30.7 Å². The second kappa shape index (κ2) is 5.36. The number of nitrogens with zero attached hydrogens (tertiary/aromatic N) is 2. The Balaban J connectivity index is 2.45. The first kappa shape index (κ1) is 12.8. The van der Waals surface area contributed by atoms with Crippen molar-refractivity contribution in [3.63, 3.8) is 0 Å². The highest BCUT2D eigenvalue weighted by Crippen LogP contribution is 2.30. The summed E-state index contributed by atoms with van der Waals surface area (Å²) in [7, 11) is 0. The number of aromatic nitrogens is 2. The number of aryl methyl sites for hydroxylation is 1. The van der Waals surface area contributed by atoms with Gasteiger partial charge in [-0.2, -0.15) is 5.10 Å². The average molecular weight is 263 g/mol. The molecular formula is C14H15ClN2O. The van der Waals surface area contributed by atoms with E-state index in [2.05, 4.69) is 12.0 Å². The molecule has 0 aliphatic rings. The second-order valence-electron chi connectivity index (χ2n) is 4.22. The lowest BCUT2D eigenvalue weighted by Gasteiger charge is -2.06. The molecule has 1 aromatic carbocycles. The van der Waals surface area contributed by atoms with Crippen molar-refractivity contribution in [2.75, 3.05) is 0 Å². The van der Waals surface area contributed by atoms with Crippen LogP contribution in [0.15, 0.2) is 24.4 Å². The number of carbonyl (C=O) groups is 1. The van der Waals surface area contributed by atoms with Gasteiger partial charge >= 0.3 is 0 Å². The largest absolute Gasteiger partial charge is 0.298 e. The van der Waals surface area contributed by atoms with E-state index in [0.29, 0.717) is 10.6 Å². The summed E-state index contributed by atoms with van der Waals surface area (Å²) in [6, 6.07) is 5.32. The number of aldehydes is 1. The van der Waals surface area contributed by atoms with Crippen molar-refractivity contribution < 1.29 is 4.79 Å². The minimum Gasteiger partial charge on any atom is -0.298 e. The lowest BCUT2D eigenvalue weighted by Crippen LogP contribution is -2.00. The normalized spacial score (nSPS) is 10.6. The van der Waals surface area contributed by atoms with Gasteiger partial charge in [-0.05, 0) is 19.4 Å². The fourth-order valence-electron chi connectivity index (χ4n) is 1.97. The molecule has 2 rings (SSSR count). The van der Waals surface area contributed by atoms with Crippen molar-refractivity contribution in [2.45, 2.75) is 26.8 Å². The maximum absolute atomic E-state index is 10.7. The van der Waals surface area contributed by atoms with Gasteiger partial charge in [-0.25, -0.2) is 0 Å². The van der Waals surface area contributed by atoms with Crippen molar-refractivity contribution >= 4 is 17.9 Å². The highest BCUT2D eigenvalue weighted by Gasteiger charge is 2.11. The molecule has 0 spiro atoms. The van der Waals surface area contributed by atoms with Crippen LogP contribution in [0.5, 0.6) is 0 Å². The van der Waals surface area contributed by atoms with Gasteiger partial charge in [-0.3, -0.25) is 9.48 Å². The topological polar surface area (TPSA) is 34.9 Å². The van der Waals surface area contributed by atoms with Crippen molar-refractivity contribution in [1.82, 2.24) is 9.78 Å². The molecule has 0 bridgehead atoms. The number of hydrogen-bond donors (Lipinski definition) is 0. The standard InChI is InChI=1S/C14H15ClN2O/c1-3-6-17-10(2)13(8-16-17)12-5-4-11(9-18)7-14(12)15/h4-5,7-9H,3,6H2,1-2H3. The fourth-order valence-corrected chi connectivity index (χ4v) is 2.26. The first-order valence-electron chi connectivity index (χ1n) is 5.95. The van der Waals surface area contributed by atoms with E-state index in [4.69, 9.17) is 11.6 Å². The summed E-state index contributed by atoms with van der Waals surface area (Å²) in [5.41, 5.74) is 3.62. The number of hydrogen-bond acceptors (Lipinski definition) is 2. The van der Waals surface area contributed by atoms with E-state index in [1.807, 2.05) is 23.9 Å². The smallest absolute Gasteiger partial charge is 0.150 e.